The summed E-state index contributed by atoms with van der Waals surface area (Å²) in [6, 6.07) is 7.69. The number of rotatable bonds is 3. The van der Waals surface area contributed by atoms with E-state index in [1.165, 1.54) is 23.5 Å². The molecule has 0 bridgehead atoms. The number of aromatic nitrogens is 3. The van der Waals surface area contributed by atoms with Gasteiger partial charge in [0, 0.05) is 30.4 Å². The van der Waals surface area contributed by atoms with E-state index in [0.717, 1.165) is 27.7 Å². The van der Waals surface area contributed by atoms with Gasteiger partial charge >= 0.3 is 0 Å². The van der Waals surface area contributed by atoms with E-state index in [9.17, 15) is 9.18 Å². The molecule has 0 radical (unpaired) electrons. The van der Waals surface area contributed by atoms with E-state index < -0.39 is 5.82 Å². The summed E-state index contributed by atoms with van der Waals surface area (Å²) >= 11 is 7.29. The average molecular weight is 401 g/mol. The number of fused-ring (bicyclic) bond motifs is 1. The molecule has 1 aromatic carbocycles. The smallest absolute Gasteiger partial charge is 0.267 e. The van der Waals surface area contributed by atoms with Gasteiger partial charge in [-0.2, -0.15) is 0 Å². The number of carbonyl (C=O) groups is 1. The Morgan fingerprint density at radius 2 is 2.15 bits per heavy atom. The number of benzene rings is 1. The van der Waals surface area contributed by atoms with Crippen LogP contribution in [0.25, 0.3) is 21.6 Å². The van der Waals surface area contributed by atoms with Crippen LogP contribution in [0.1, 0.15) is 15.4 Å². The minimum absolute atomic E-state index is 0.144. The van der Waals surface area contributed by atoms with Gasteiger partial charge < -0.3 is 9.88 Å². The highest BCUT2D eigenvalue weighted by molar-refractivity contribution is 7.17. The van der Waals surface area contributed by atoms with Crippen LogP contribution in [-0.2, 0) is 7.05 Å². The Balaban J connectivity index is 1.69. The number of nitrogens with zero attached hydrogens (tertiary/aromatic N) is 3. The Morgan fingerprint density at radius 3 is 2.93 bits per heavy atom. The Labute approximate surface area is 163 Å². The molecule has 0 spiro atoms. The number of carbonyl (C=O) groups excluding carboxylic acids is 1. The van der Waals surface area contributed by atoms with Crippen LogP contribution in [0.3, 0.4) is 0 Å². The van der Waals surface area contributed by atoms with Gasteiger partial charge in [-0.1, -0.05) is 11.6 Å². The Hall–Kier alpha value is -2.77. The van der Waals surface area contributed by atoms with Crippen molar-refractivity contribution in [2.45, 2.75) is 6.92 Å². The second-order valence-corrected chi connectivity index (χ2v) is 7.45. The standard InChI is InChI=1S/C19H14ClFN4OS/c1-10-16(18(26)24-15-6-5-11(21)8-14(15)20)27-19(23-10)13-9-25(2)17-12(13)4-3-7-22-17/h3-9H,1-2H3,(H,24,26). The number of thiazole rings is 1. The summed E-state index contributed by atoms with van der Waals surface area (Å²) in [4.78, 5) is 22.1. The molecule has 4 rings (SSSR count). The fourth-order valence-electron chi connectivity index (χ4n) is 2.88. The second-order valence-electron chi connectivity index (χ2n) is 6.04. The van der Waals surface area contributed by atoms with Crippen molar-refractivity contribution in [1.29, 1.82) is 0 Å². The maximum Gasteiger partial charge on any atom is 0.267 e. The van der Waals surface area contributed by atoms with Crippen LogP contribution < -0.4 is 5.32 Å². The average Bonchev–Trinajstić information content (AvgIpc) is 3.18. The highest BCUT2D eigenvalue weighted by Gasteiger charge is 2.20. The molecule has 0 unspecified atom stereocenters. The summed E-state index contributed by atoms with van der Waals surface area (Å²) in [6.45, 7) is 1.78. The molecule has 0 atom stereocenters. The van der Waals surface area contributed by atoms with Gasteiger partial charge in [0.2, 0.25) is 0 Å². The second kappa shape index (κ2) is 6.75. The highest BCUT2D eigenvalue weighted by atomic mass is 35.5. The van der Waals surface area contributed by atoms with Crippen molar-refractivity contribution < 1.29 is 9.18 Å². The minimum Gasteiger partial charge on any atom is -0.335 e. The number of nitrogens with one attached hydrogen (secondary N) is 1. The van der Waals surface area contributed by atoms with E-state index in [1.807, 2.05) is 29.9 Å². The van der Waals surface area contributed by atoms with Crippen molar-refractivity contribution in [3.63, 3.8) is 0 Å². The van der Waals surface area contributed by atoms with Crippen molar-refractivity contribution in [3.05, 3.63) is 64.1 Å². The molecule has 0 fully saturated rings. The number of halogens is 2. The molecule has 4 aromatic rings. The molecule has 1 amide bonds. The molecule has 0 aliphatic rings. The van der Waals surface area contributed by atoms with Gasteiger partial charge in [0.05, 0.1) is 16.4 Å². The van der Waals surface area contributed by atoms with E-state index in [1.54, 1.807) is 13.1 Å². The molecule has 0 aliphatic carbocycles. The first-order valence-corrected chi connectivity index (χ1v) is 9.27. The van der Waals surface area contributed by atoms with Gasteiger partial charge in [-0.25, -0.2) is 14.4 Å². The zero-order valence-electron chi connectivity index (χ0n) is 14.5. The molecule has 3 aromatic heterocycles. The predicted octanol–water partition coefficient (Wildman–Crippen LogP) is 5.05. The lowest BCUT2D eigenvalue weighted by molar-refractivity contribution is 0.103. The summed E-state index contributed by atoms with van der Waals surface area (Å²) in [5.41, 5.74) is 2.75. The molecule has 3 heterocycles. The summed E-state index contributed by atoms with van der Waals surface area (Å²) in [5.74, 6) is -0.790. The maximum atomic E-state index is 13.2. The van der Waals surface area contributed by atoms with Gasteiger partial charge in [-0.05, 0) is 37.3 Å². The van der Waals surface area contributed by atoms with Crippen molar-refractivity contribution >= 4 is 45.6 Å². The van der Waals surface area contributed by atoms with Crippen LogP contribution in [0.5, 0.6) is 0 Å². The lowest BCUT2D eigenvalue weighted by atomic mass is 10.2. The number of hydrogen-bond acceptors (Lipinski definition) is 4. The topological polar surface area (TPSA) is 59.8 Å². The van der Waals surface area contributed by atoms with E-state index in [-0.39, 0.29) is 10.9 Å². The molecular weight excluding hydrogens is 387 g/mol. The van der Waals surface area contributed by atoms with Gasteiger partial charge in [0.25, 0.3) is 5.91 Å². The van der Waals surface area contributed by atoms with Gasteiger partial charge in [0.15, 0.2) is 0 Å². The zero-order valence-corrected chi connectivity index (χ0v) is 16.0. The van der Waals surface area contributed by atoms with Gasteiger partial charge in [0.1, 0.15) is 21.3 Å². The van der Waals surface area contributed by atoms with Gasteiger partial charge in [-0.3, -0.25) is 4.79 Å². The van der Waals surface area contributed by atoms with Crippen molar-refractivity contribution in [3.8, 4) is 10.6 Å². The number of amides is 1. The van der Waals surface area contributed by atoms with E-state index in [0.29, 0.717) is 16.3 Å². The van der Waals surface area contributed by atoms with Crippen LogP contribution in [0.15, 0.2) is 42.7 Å². The molecule has 1 N–H and O–H groups in total. The summed E-state index contributed by atoms with van der Waals surface area (Å²) < 4.78 is 15.1. The minimum atomic E-state index is -0.459. The Kier molecular flexibility index (Phi) is 4.41. The first-order chi connectivity index (χ1) is 12.9. The summed E-state index contributed by atoms with van der Waals surface area (Å²) in [5, 5.41) is 4.57. The quantitative estimate of drug-likeness (QED) is 0.523. The number of hydrogen-bond donors (Lipinski definition) is 1. The third-order valence-corrected chi connectivity index (χ3v) is 5.65. The van der Waals surface area contributed by atoms with Crippen LogP contribution in [0.2, 0.25) is 5.02 Å². The largest absolute Gasteiger partial charge is 0.335 e. The SMILES string of the molecule is Cc1nc(-c2cn(C)c3ncccc23)sc1C(=O)Nc1ccc(F)cc1Cl. The normalized spacial score (nSPS) is 11.1. The lowest BCUT2D eigenvalue weighted by Gasteiger charge is -2.06. The Bertz CT molecular complexity index is 1180. The number of aryl methyl sites for hydroxylation is 2. The Morgan fingerprint density at radius 1 is 1.33 bits per heavy atom. The molecule has 136 valence electrons. The van der Waals surface area contributed by atoms with Crippen LogP contribution in [0.4, 0.5) is 10.1 Å². The third kappa shape index (κ3) is 3.20. The molecule has 0 saturated carbocycles. The first kappa shape index (κ1) is 17.6. The first-order valence-electron chi connectivity index (χ1n) is 8.08. The molecule has 0 saturated heterocycles. The van der Waals surface area contributed by atoms with E-state index in [4.69, 9.17) is 11.6 Å². The molecule has 5 nitrogen and oxygen atoms in total. The van der Waals surface area contributed by atoms with Gasteiger partial charge in [-0.15, -0.1) is 11.3 Å². The van der Waals surface area contributed by atoms with Crippen molar-refractivity contribution in [2.75, 3.05) is 5.32 Å². The van der Waals surface area contributed by atoms with Crippen LogP contribution >= 0.6 is 22.9 Å². The summed E-state index contributed by atoms with van der Waals surface area (Å²) in [7, 11) is 1.92. The van der Waals surface area contributed by atoms with Crippen molar-refractivity contribution in [2.24, 2.45) is 7.05 Å². The fraction of sp³-hybridized carbons (Fsp3) is 0.105. The lowest BCUT2D eigenvalue weighted by Crippen LogP contribution is -2.11. The molecular formula is C19H14ClFN4OS. The molecule has 27 heavy (non-hydrogen) atoms. The maximum absolute atomic E-state index is 13.2. The number of pyridine rings is 1. The van der Waals surface area contributed by atoms with E-state index >= 15 is 0 Å². The molecule has 8 heteroatoms. The van der Waals surface area contributed by atoms with E-state index in [2.05, 4.69) is 15.3 Å². The monoisotopic (exact) mass is 400 g/mol. The fourth-order valence-corrected chi connectivity index (χ4v) is 4.08. The third-order valence-electron chi connectivity index (χ3n) is 4.15. The van der Waals surface area contributed by atoms with Crippen LogP contribution in [-0.4, -0.2) is 20.4 Å². The van der Waals surface area contributed by atoms with Crippen molar-refractivity contribution in [1.82, 2.24) is 14.5 Å². The van der Waals surface area contributed by atoms with Crippen LogP contribution in [0, 0.1) is 12.7 Å². The zero-order chi connectivity index (χ0) is 19.1. The predicted molar refractivity (Wildman–Crippen MR) is 106 cm³/mol. The summed E-state index contributed by atoms with van der Waals surface area (Å²) in [6.07, 6.45) is 3.69. The number of anilines is 1. The highest BCUT2D eigenvalue weighted by Crippen LogP contribution is 2.34. The molecule has 0 aliphatic heterocycles.